The number of hydrogen-bond acceptors (Lipinski definition) is 7. The number of anilines is 2. The van der Waals surface area contributed by atoms with Crippen LogP contribution in [0.3, 0.4) is 0 Å². The lowest BCUT2D eigenvalue weighted by Crippen LogP contribution is -2.48. The molecule has 2 saturated heterocycles. The average Bonchev–Trinajstić information content (AvgIpc) is 3.21. The number of carbonyl (C=O) groups excluding carboxylic acids is 1. The van der Waals surface area contributed by atoms with Gasteiger partial charge in [0.15, 0.2) is 0 Å². The van der Waals surface area contributed by atoms with E-state index in [1.165, 1.54) is 30.6 Å². The van der Waals surface area contributed by atoms with Gasteiger partial charge in [-0.1, -0.05) is 0 Å². The number of piperidine rings is 1. The molecule has 3 aromatic rings. The number of methoxy groups -OCH3 is 1. The van der Waals surface area contributed by atoms with E-state index < -0.39 is 0 Å². The van der Waals surface area contributed by atoms with E-state index in [1.807, 2.05) is 17.0 Å². The molecule has 0 N–H and O–H groups in total. The molecule has 4 heterocycles. The number of nitrogens with zero attached hydrogens (tertiary/aromatic N) is 5. The maximum absolute atomic E-state index is 13.5. The summed E-state index contributed by atoms with van der Waals surface area (Å²) in [5.74, 6) is 1.96. The number of amides is 1. The van der Waals surface area contributed by atoms with Crippen LogP contribution in [0.4, 0.5) is 11.5 Å². The van der Waals surface area contributed by atoms with Crippen LogP contribution in [0.15, 0.2) is 30.6 Å². The first kappa shape index (κ1) is 21.9. The zero-order chi connectivity index (χ0) is 22.9. The number of fused-ring (bicyclic) bond motifs is 1. The zero-order valence-electron chi connectivity index (χ0n) is 19.6. The van der Waals surface area contributed by atoms with Gasteiger partial charge in [-0.2, -0.15) is 0 Å². The van der Waals surface area contributed by atoms with Crippen molar-refractivity contribution in [2.24, 2.45) is 0 Å². The Labute approximate surface area is 199 Å². The van der Waals surface area contributed by atoms with Crippen LogP contribution in [0, 0.1) is 6.92 Å². The van der Waals surface area contributed by atoms with Crippen LogP contribution >= 0.6 is 11.3 Å². The summed E-state index contributed by atoms with van der Waals surface area (Å²) in [5.41, 5.74) is 2.18. The second kappa shape index (κ2) is 9.17. The average molecular weight is 466 g/mol. The van der Waals surface area contributed by atoms with Crippen molar-refractivity contribution >= 4 is 39.0 Å². The molecule has 1 aromatic carbocycles. The van der Waals surface area contributed by atoms with Crippen LogP contribution in [0.5, 0.6) is 5.75 Å². The Hall–Kier alpha value is -2.87. The van der Waals surface area contributed by atoms with Crippen molar-refractivity contribution < 1.29 is 9.53 Å². The van der Waals surface area contributed by atoms with Crippen molar-refractivity contribution in [3.05, 3.63) is 41.0 Å². The van der Waals surface area contributed by atoms with Crippen molar-refractivity contribution in [3.8, 4) is 5.75 Å². The Morgan fingerprint density at radius 1 is 1.06 bits per heavy atom. The zero-order valence-corrected chi connectivity index (χ0v) is 20.4. The number of hydrogen-bond donors (Lipinski definition) is 0. The van der Waals surface area contributed by atoms with Crippen LogP contribution < -0.4 is 14.5 Å². The third kappa shape index (κ3) is 4.12. The Morgan fingerprint density at radius 2 is 1.82 bits per heavy atom. The maximum Gasteiger partial charge on any atom is 0.264 e. The van der Waals surface area contributed by atoms with Gasteiger partial charge in [0.25, 0.3) is 5.91 Å². The molecule has 174 valence electrons. The molecule has 2 aliphatic heterocycles. The lowest BCUT2D eigenvalue weighted by Gasteiger charge is -2.36. The molecule has 0 radical (unpaired) electrons. The molecular formula is C25H31N5O2S. The number of carbonyl (C=O) groups is 1. The maximum atomic E-state index is 13.5. The monoisotopic (exact) mass is 465 g/mol. The minimum atomic E-state index is 0.113. The standard InChI is InChI=1S/C25H31N5O2S/c1-17-6-4-5-11-30(17)23-21-18(2)22(33-24(21)27-16-26-23)25(31)29-14-12-28(13-15-29)19-7-9-20(32-3)10-8-19/h7-10,16-17H,4-6,11-15H2,1-3H3/t17-/m0/s1. The predicted molar refractivity (Wildman–Crippen MR) is 134 cm³/mol. The second-order valence-corrected chi connectivity index (χ2v) is 9.95. The van der Waals surface area contributed by atoms with Gasteiger partial charge in [0, 0.05) is 44.5 Å². The van der Waals surface area contributed by atoms with Crippen molar-refractivity contribution in [1.29, 1.82) is 0 Å². The lowest BCUT2D eigenvalue weighted by molar-refractivity contribution is 0.0751. The minimum absolute atomic E-state index is 0.113. The highest BCUT2D eigenvalue weighted by molar-refractivity contribution is 7.20. The number of aromatic nitrogens is 2. The first-order valence-electron chi connectivity index (χ1n) is 11.8. The first-order chi connectivity index (χ1) is 16.1. The number of aryl methyl sites for hydroxylation is 1. The molecule has 0 saturated carbocycles. The number of benzene rings is 1. The van der Waals surface area contributed by atoms with Gasteiger partial charge in [0.05, 0.1) is 17.4 Å². The second-order valence-electron chi connectivity index (χ2n) is 8.95. The van der Waals surface area contributed by atoms with Crippen molar-refractivity contribution in [2.75, 3.05) is 49.6 Å². The van der Waals surface area contributed by atoms with Crippen molar-refractivity contribution in [3.63, 3.8) is 0 Å². The molecule has 33 heavy (non-hydrogen) atoms. The Morgan fingerprint density at radius 3 is 2.52 bits per heavy atom. The van der Waals surface area contributed by atoms with Gasteiger partial charge < -0.3 is 19.4 Å². The van der Waals surface area contributed by atoms with Crippen LogP contribution in [0.1, 0.15) is 41.4 Å². The van der Waals surface area contributed by atoms with Crippen molar-refractivity contribution in [2.45, 2.75) is 39.2 Å². The van der Waals surface area contributed by atoms with Crippen LogP contribution in [-0.4, -0.2) is 66.7 Å². The van der Waals surface area contributed by atoms with Gasteiger partial charge in [-0.25, -0.2) is 9.97 Å². The van der Waals surface area contributed by atoms with E-state index in [4.69, 9.17) is 4.74 Å². The number of ether oxygens (including phenoxy) is 1. The van der Waals surface area contributed by atoms with Gasteiger partial charge >= 0.3 is 0 Å². The molecule has 2 aromatic heterocycles. The highest BCUT2D eigenvalue weighted by Gasteiger charge is 2.29. The van der Waals surface area contributed by atoms with Crippen LogP contribution in [0.25, 0.3) is 10.2 Å². The van der Waals surface area contributed by atoms with E-state index in [0.717, 1.165) is 57.5 Å². The van der Waals surface area contributed by atoms with Crippen LogP contribution in [0.2, 0.25) is 0 Å². The number of piperazine rings is 1. The van der Waals surface area contributed by atoms with E-state index in [9.17, 15) is 4.79 Å². The molecule has 0 aliphatic carbocycles. The summed E-state index contributed by atoms with van der Waals surface area (Å²) in [7, 11) is 1.68. The summed E-state index contributed by atoms with van der Waals surface area (Å²) < 4.78 is 5.26. The van der Waals surface area contributed by atoms with E-state index >= 15 is 0 Å². The predicted octanol–water partition coefficient (Wildman–Crippen LogP) is 4.35. The third-order valence-electron chi connectivity index (χ3n) is 6.98. The van der Waals surface area contributed by atoms with Crippen LogP contribution in [-0.2, 0) is 0 Å². The molecule has 2 fully saturated rings. The molecule has 5 rings (SSSR count). The largest absolute Gasteiger partial charge is 0.497 e. The first-order valence-corrected chi connectivity index (χ1v) is 12.6. The van der Waals surface area contributed by atoms with E-state index in [-0.39, 0.29) is 5.91 Å². The van der Waals surface area contributed by atoms with Gasteiger partial charge in [-0.3, -0.25) is 4.79 Å². The van der Waals surface area contributed by atoms with E-state index in [0.29, 0.717) is 19.1 Å². The normalized spacial score (nSPS) is 19.2. The molecule has 0 spiro atoms. The van der Waals surface area contributed by atoms with E-state index in [2.05, 4.69) is 45.7 Å². The highest BCUT2D eigenvalue weighted by atomic mass is 32.1. The fourth-order valence-corrected chi connectivity index (χ4v) is 6.10. The lowest BCUT2D eigenvalue weighted by atomic mass is 10.0. The summed E-state index contributed by atoms with van der Waals surface area (Å²) in [5, 5.41) is 1.05. The third-order valence-corrected chi connectivity index (χ3v) is 8.17. The van der Waals surface area contributed by atoms with Gasteiger partial charge in [0.2, 0.25) is 0 Å². The summed E-state index contributed by atoms with van der Waals surface area (Å²) >= 11 is 1.51. The Bertz CT molecular complexity index is 1140. The quantitative estimate of drug-likeness (QED) is 0.571. The summed E-state index contributed by atoms with van der Waals surface area (Å²) in [6.45, 7) is 8.39. The summed E-state index contributed by atoms with van der Waals surface area (Å²) in [6, 6.07) is 8.58. The van der Waals surface area contributed by atoms with E-state index in [1.54, 1.807) is 13.4 Å². The fourth-order valence-electron chi connectivity index (χ4n) is 4.99. The fraction of sp³-hybridized carbons (Fsp3) is 0.480. The van der Waals surface area contributed by atoms with Gasteiger partial charge in [0.1, 0.15) is 22.7 Å². The number of thiophene rings is 1. The SMILES string of the molecule is COc1ccc(N2CCN(C(=O)c3sc4ncnc(N5CCCC[C@@H]5C)c4c3C)CC2)cc1. The molecule has 0 bridgehead atoms. The Balaban J connectivity index is 1.35. The molecule has 0 unspecified atom stereocenters. The molecule has 2 aliphatic rings. The molecule has 8 heteroatoms. The molecule has 1 amide bonds. The molecule has 7 nitrogen and oxygen atoms in total. The topological polar surface area (TPSA) is 61.8 Å². The smallest absolute Gasteiger partial charge is 0.264 e. The Kier molecular flexibility index (Phi) is 6.10. The van der Waals surface area contributed by atoms with Gasteiger partial charge in [-0.15, -0.1) is 11.3 Å². The summed E-state index contributed by atoms with van der Waals surface area (Å²) in [4.78, 5) is 31.1. The number of rotatable bonds is 4. The van der Waals surface area contributed by atoms with Crippen molar-refractivity contribution in [1.82, 2.24) is 14.9 Å². The highest BCUT2D eigenvalue weighted by Crippen LogP contribution is 2.37. The molecular weight excluding hydrogens is 434 g/mol. The minimum Gasteiger partial charge on any atom is -0.497 e. The van der Waals surface area contributed by atoms with Gasteiger partial charge in [-0.05, 0) is 62.9 Å². The molecule has 1 atom stereocenters. The summed E-state index contributed by atoms with van der Waals surface area (Å²) in [6.07, 6.45) is 5.28.